The monoisotopic (exact) mass is 320 g/mol. The Morgan fingerprint density at radius 1 is 1.35 bits per heavy atom. The molecule has 1 aromatic rings. The smallest absolute Gasteiger partial charge is 0.225 e. The van der Waals surface area contributed by atoms with E-state index in [0.717, 1.165) is 63.5 Å². The van der Waals surface area contributed by atoms with Gasteiger partial charge in [0.1, 0.15) is 5.82 Å². The van der Waals surface area contributed by atoms with Crippen LogP contribution < -0.4 is 5.32 Å². The van der Waals surface area contributed by atoms with Gasteiger partial charge in [0, 0.05) is 32.1 Å². The summed E-state index contributed by atoms with van der Waals surface area (Å²) in [6.07, 6.45) is 5.03. The van der Waals surface area contributed by atoms with Crippen molar-refractivity contribution in [2.24, 2.45) is 13.0 Å². The molecule has 3 rings (SSSR count). The molecule has 2 aliphatic rings. The summed E-state index contributed by atoms with van der Waals surface area (Å²) in [7, 11) is 4.03. The number of likely N-dealkylation sites (tertiary alicyclic amines) is 1. The van der Waals surface area contributed by atoms with Crippen LogP contribution in [0.2, 0.25) is 0 Å². The Morgan fingerprint density at radius 2 is 2.13 bits per heavy atom. The lowest BCUT2D eigenvalue weighted by Crippen LogP contribution is -2.32. The number of hydrogen-bond donors (Lipinski definition) is 1. The first-order chi connectivity index (χ1) is 11.1. The molecular weight excluding hydrogens is 292 g/mol. The lowest BCUT2D eigenvalue weighted by molar-refractivity contribution is -0.117. The fourth-order valence-corrected chi connectivity index (χ4v) is 3.50. The number of amides is 1. The highest BCUT2D eigenvalue weighted by molar-refractivity contribution is 5.90. The number of nitrogens with zero attached hydrogens (tertiary/aromatic N) is 3. The number of rotatable bonds is 4. The Morgan fingerprint density at radius 3 is 2.83 bits per heavy atom. The van der Waals surface area contributed by atoms with Crippen molar-refractivity contribution in [3.8, 4) is 0 Å². The fraction of sp³-hybridized carbons (Fsp3) is 0.765. The van der Waals surface area contributed by atoms with Crippen LogP contribution in [-0.4, -0.2) is 53.9 Å². The van der Waals surface area contributed by atoms with Crippen LogP contribution in [0.15, 0.2) is 6.07 Å². The zero-order chi connectivity index (χ0) is 16.2. The minimum absolute atomic E-state index is 0.106. The summed E-state index contributed by atoms with van der Waals surface area (Å²) < 4.78 is 7.31. The van der Waals surface area contributed by atoms with Crippen molar-refractivity contribution in [3.05, 3.63) is 11.8 Å². The van der Waals surface area contributed by atoms with Gasteiger partial charge in [-0.2, -0.15) is 5.10 Å². The molecule has 3 heterocycles. The van der Waals surface area contributed by atoms with E-state index in [2.05, 4.69) is 22.4 Å². The number of anilines is 1. The summed E-state index contributed by atoms with van der Waals surface area (Å²) in [5.74, 6) is 1.76. The van der Waals surface area contributed by atoms with Gasteiger partial charge in [-0.1, -0.05) is 0 Å². The van der Waals surface area contributed by atoms with Crippen molar-refractivity contribution in [2.75, 3.05) is 38.7 Å². The predicted molar refractivity (Wildman–Crippen MR) is 89.5 cm³/mol. The quantitative estimate of drug-likeness (QED) is 0.921. The van der Waals surface area contributed by atoms with Gasteiger partial charge in [-0.3, -0.25) is 9.48 Å². The standard InChI is InChI=1S/C17H28N4O2/c1-20-7-5-13(6-8-20)10-17(22)18-16-11-15(19-21(16)2)14-4-3-9-23-12-14/h11,13-14H,3-10,12H2,1-2H3,(H,18,22). The lowest BCUT2D eigenvalue weighted by atomic mass is 9.93. The Labute approximate surface area is 138 Å². The van der Waals surface area contributed by atoms with Crippen LogP contribution in [0.5, 0.6) is 0 Å². The molecule has 23 heavy (non-hydrogen) atoms. The topological polar surface area (TPSA) is 59.4 Å². The summed E-state index contributed by atoms with van der Waals surface area (Å²) in [6, 6.07) is 2.01. The lowest BCUT2D eigenvalue weighted by Gasteiger charge is -2.28. The summed E-state index contributed by atoms with van der Waals surface area (Å²) >= 11 is 0. The molecule has 1 amide bonds. The number of hydrogen-bond acceptors (Lipinski definition) is 4. The minimum Gasteiger partial charge on any atom is -0.381 e. The normalized spacial score (nSPS) is 23.8. The van der Waals surface area contributed by atoms with Gasteiger partial charge in [0.25, 0.3) is 0 Å². The Hall–Kier alpha value is -1.40. The molecule has 2 aliphatic heterocycles. The first-order valence-electron chi connectivity index (χ1n) is 8.72. The van der Waals surface area contributed by atoms with Crippen molar-refractivity contribution < 1.29 is 9.53 Å². The van der Waals surface area contributed by atoms with E-state index >= 15 is 0 Å². The van der Waals surface area contributed by atoms with Gasteiger partial charge in [-0.05, 0) is 51.7 Å². The summed E-state index contributed by atoms with van der Waals surface area (Å²) in [5, 5.41) is 7.59. The number of aromatic nitrogens is 2. The highest BCUT2D eigenvalue weighted by atomic mass is 16.5. The molecular formula is C17H28N4O2. The first kappa shape index (κ1) is 16.5. The predicted octanol–water partition coefficient (Wildman–Crippen LogP) is 1.98. The Kier molecular flexibility index (Phi) is 5.33. The molecule has 6 nitrogen and oxygen atoms in total. The van der Waals surface area contributed by atoms with Gasteiger partial charge < -0.3 is 15.0 Å². The largest absolute Gasteiger partial charge is 0.381 e. The molecule has 0 aliphatic carbocycles. The van der Waals surface area contributed by atoms with Crippen LogP contribution in [0.4, 0.5) is 5.82 Å². The molecule has 0 saturated carbocycles. The maximum atomic E-state index is 12.3. The van der Waals surface area contributed by atoms with Gasteiger partial charge in [-0.15, -0.1) is 0 Å². The number of aryl methyl sites for hydroxylation is 1. The molecule has 2 fully saturated rings. The van der Waals surface area contributed by atoms with E-state index in [1.807, 2.05) is 13.1 Å². The van der Waals surface area contributed by atoms with E-state index < -0.39 is 0 Å². The number of piperidine rings is 1. The van der Waals surface area contributed by atoms with E-state index in [4.69, 9.17) is 4.74 Å². The van der Waals surface area contributed by atoms with E-state index in [0.29, 0.717) is 18.3 Å². The molecule has 0 radical (unpaired) electrons. The third-order valence-corrected chi connectivity index (χ3v) is 5.06. The number of carbonyl (C=O) groups is 1. The summed E-state index contributed by atoms with van der Waals surface area (Å²) in [6.45, 7) is 3.77. The molecule has 1 N–H and O–H groups in total. The van der Waals surface area contributed by atoms with Crippen LogP contribution in [0.1, 0.15) is 43.7 Å². The van der Waals surface area contributed by atoms with Crippen LogP contribution in [0, 0.1) is 5.92 Å². The zero-order valence-corrected chi connectivity index (χ0v) is 14.3. The summed E-state index contributed by atoms with van der Waals surface area (Å²) in [4.78, 5) is 14.6. The minimum atomic E-state index is 0.106. The van der Waals surface area contributed by atoms with Gasteiger partial charge in [0.2, 0.25) is 5.91 Å². The van der Waals surface area contributed by atoms with Gasteiger partial charge in [0.15, 0.2) is 0 Å². The molecule has 1 unspecified atom stereocenters. The van der Waals surface area contributed by atoms with Crippen molar-refractivity contribution in [3.63, 3.8) is 0 Å². The van der Waals surface area contributed by atoms with Crippen LogP contribution >= 0.6 is 0 Å². The Bertz CT molecular complexity index is 529. The van der Waals surface area contributed by atoms with Crippen LogP contribution in [0.3, 0.4) is 0 Å². The molecule has 0 spiro atoms. The summed E-state index contributed by atoms with van der Waals surface area (Å²) in [5.41, 5.74) is 1.03. The molecule has 128 valence electrons. The maximum absolute atomic E-state index is 12.3. The van der Waals surface area contributed by atoms with Gasteiger partial charge >= 0.3 is 0 Å². The van der Waals surface area contributed by atoms with Crippen molar-refractivity contribution in [2.45, 2.75) is 38.0 Å². The SMILES string of the molecule is CN1CCC(CC(=O)Nc2cc(C3CCCOC3)nn2C)CC1. The van der Waals surface area contributed by atoms with E-state index in [1.165, 1.54) is 0 Å². The fourth-order valence-electron chi connectivity index (χ4n) is 3.50. The average Bonchev–Trinajstić information content (AvgIpc) is 2.91. The molecule has 2 saturated heterocycles. The molecule has 1 atom stereocenters. The van der Waals surface area contributed by atoms with Crippen LogP contribution in [0.25, 0.3) is 0 Å². The van der Waals surface area contributed by atoms with E-state index in [1.54, 1.807) is 4.68 Å². The van der Waals surface area contributed by atoms with Crippen molar-refractivity contribution >= 4 is 11.7 Å². The zero-order valence-electron chi connectivity index (χ0n) is 14.3. The Balaban J connectivity index is 1.54. The van der Waals surface area contributed by atoms with Gasteiger partial charge in [-0.25, -0.2) is 0 Å². The molecule has 0 bridgehead atoms. The third kappa shape index (κ3) is 4.32. The van der Waals surface area contributed by atoms with E-state index in [-0.39, 0.29) is 5.91 Å². The van der Waals surface area contributed by atoms with E-state index in [9.17, 15) is 4.79 Å². The third-order valence-electron chi connectivity index (χ3n) is 5.06. The number of carbonyl (C=O) groups excluding carboxylic acids is 1. The molecule has 6 heteroatoms. The second-order valence-electron chi connectivity index (χ2n) is 6.99. The molecule has 1 aromatic heterocycles. The maximum Gasteiger partial charge on any atom is 0.225 e. The highest BCUT2D eigenvalue weighted by Crippen LogP contribution is 2.26. The number of ether oxygens (including phenoxy) is 1. The van der Waals surface area contributed by atoms with Crippen LogP contribution in [-0.2, 0) is 16.6 Å². The number of nitrogens with one attached hydrogen (secondary N) is 1. The van der Waals surface area contributed by atoms with Crippen molar-refractivity contribution in [1.82, 2.24) is 14.7 Å². The second-order valence-corrected chi connectivity index (χ2v) is 6.99. The first-order valence-corrected chi connectivity index (χ1v) is 8.72. The van der Waals surface area contributed by atoms with Gasteiger partial charge in [0.05, 0.1) is 12.3 Å². The highest BCUT2D eigenvalue weighted by Gasteiger charge is 2.22. The van der Waals surface area contributed by atoms with Crippen molar-refractivity contribution in [1.29, 1.82) is 0 Å². The average molecular weight is 320 g/mol. The molecule has 0 aromatic carbocycles. The second kappa shape index (κ2) is 7.45.